The summed E-state index contributed by atoms with van der Waals surface area (Å²) < 4.78 is 6.06. The fraction of sp³-hybridized carbons (Fsp3) is 0.471. The molecule has 0 saturated carbocycles. The Hall–Kier alpha value is -1.39. The molecular weight excluding hydrogens is 280 g/mol. The van der Waals surface area contributed by atoms with Gasteiger partial charge in [-0.25, -0.2) is 4.98 Å². The second-order valence-corrected chi connectivity index (χ2v) is 6.37. The van der Waals surface area contributed by atoms with E-state index in [1.165, 1.54) is 29.0 Å². The monoisotopic (exact) mass is 302 g/mol. The number of nitrogens with one attached hydrogen (secondary N) is 1. The summed E-state index contributed by atoms with van der Waals surface area (Å²) in [5.74, 6) is 1.03. The summed E-state index contributed by atoms with van der Waals surface area (Å²) in [5.41, 5.74) is 3.80. The van der Waals surface area contributed by atoms with E-state index in [0.29, 0.717) is 12.6 Å². The van der Waals surface area contributed by atoms with Crippen LogP contribution in [0.1, 0.15) is 47.6 Å². The lowest BCUT2D eigenvalue weighted by molar-refractivity contribution is 0.295. The number of ether oxygens (including phenoxy) is 1. The van der Waals surface area contributed by atoms with Gasteiger partial charge < -0.3 is 10.1 Å². The maximum atomic E-state index is 6.06. The Bertz CT molecular complexity index is 609. The van der Waals surface area contributed by atoms with Crippen molar-refractivity contribution >= 4 is 11.3 Å². The Morgan fingerprint density at radius 1 is 1.43 bits per heavy atom. The van der Waals surface area contributed by atoms with Crippen LogP contribution in [0.15, 0.2) is 23.6 Å². The van der Waals surface area contributed by atoms with Crippen molar-refractivity contribution in [2.45, 2.75) is 45.3 Å². The lowest BCUT2D eigenvalue weighted by Crippen LogP contribution is -2.22. The highest BCUT2D eigenvalue weighted by Crippen LogP contribution is 2.35. The summed E-state index contributed by atoms with van der Waals surface area (Å²) in [6, 6.07) is 6.87. The van der Waals surface area contributed by atoms with Crippen molar-refractivity contribution in [3.8, 4) is 5.75 Å². The first-order valence-corrected chi connectivity index (χ1v) is 8.55. The lowest BCUT2D eigenvalue weighted by Gasteiger charge is -2.26. The number of hydrogen-bond donors (Lipinski definition) is 1. The Kier molecular flexibility index (Phi) is 4.56. The predicted molar refractivity (Wildman–Crippen MR) is 87.0 cm³/mol. The molecule has 1 atom stereocenters. The number of aromatic nitrogens is 1. The molecule has 1 unspecified atom stereocenters. The summed E-state index contributed by atoms with van der Waals surface area (Å²) in [4.78, 5) is 4.57. The molecule has 0 bridgehead atoms. The van der Waals surface area contributed by atoms with Gasteiger partial charge >= 0.3 is 0 Å². The van der Waals surface area contributed by atoms with E-state index in [4.69, 9.17) is 4.74 Å². The van der Waals surface area contributed by atoms with Gasteiger partial charge in [-0.15, -0.1) is 11.3 Å². The lowest BCUT2D eigenvalue weighted by atomic mass is 9.87. The van der Waals surface area contributed by atoms with Crippen molar-refractivity contribution in [3.05, 3.63) is 45.4 Å². The Balaban J connectivity index is 1.76. The summed E-state index contributed by atoms with van der Waals surface area (Å²) in [7, 11) is 2.04. The van der Waals surface area contributed by atoms with E-state index in [9.17, 15) is 0 Å². The zero-order chi connectivity index (χ0) is 14.7. The van der Waals surface area contributed by atoms with E-state index in [-0.39, 0.29) is 0 Å². The average molecular weight is 302 g/mol. The van der Waals surface area contributed by atoms with Crippen molar-refractivity contribution < 1.29 is 4.74 Å². The average Bonchev–Trinajstić information content (AvgIpc) is 3.00. The standard InChI is InChI=1S/C17H22N2OS/c1-3-17-19-12(11-21-17)10-20-16-9-5-6-13-14(16)7-4-8-15(13)18-2/h5-6,9,11,15,18H,3-4,7-8,10H2,1-2H3. The second-order valence-electron chi connectivity index (χ2n) is 5.43. The van der Waals surface area contributed by atoms with Crippen molar-refractivity contribution in [3.63, 3.8) is 0 Å². The van der Waals surface area contributed by atoms with Crippen LogP contribution < -0.4 is 10.1 Å². The maximum absolute atomic E-state index is 6.06. The molecule has 1 aliphatic carbocycles. The molecule has 1 aromatic carbocycles. The molecule has 1 aliphatic rings. The third-order valence-electron chi connectivity index (χ3n) is 4.09. The molecule has 0 saturated heterocycles. The number of thiazole rings is 1. The smallest absolute Gasteiger partial charge is 0.131 e. The van der Waals surface area contributed by atoms with Crippen LogP contribution in [-0.2, 0) is 19.4 Å². The van der Waals surface area contributed by atoms with Gasteiger partial charge in [-0.2, -0.15) is 0 Å². The molecule has 1 heterocycles. The van der Waals surface area contributed by atoms with Crippen LogP contribution >= 0.6 is 11.3 Å². The van der Waals surface area contributed by atoms with Gasteiger partial charge in [-0.05, 0) is 49.9 Å². The number of hydrogen-bond acceptors (Lipinski definition) is 4. The van der Waals surface area contributed by atoms with E-state index in [0.717, 1.165) is 24.3 Å². The van der Waals surface area contributed by atoms with Crippen LogP contribution in [-0.4, -0.2) is 12.0 Å². The van der Waals surface area contributed by atoms with Gasteiger partial charge in [0.2, 0.25) is 0 Å². The molecule has 21 heavy (non-hydrogen) atoms. The molecule has 3 rings (SSSR count). The number of fused-ring (bicyclic) bond motifs is 1. The van der Waals surface area contributed by atoms with Crippen LogP contribution in [0.5, 0.6) is 5.75 Å². The summed E-state index contributed by atoms with van der Waals surface area (Å²) in [5, 5.41) is 6.69. The van der Waals surface area contributed by atoms with E-state index in [1.807, 2.05) is 7.05 Å². The van der Waals surface area contributed by atoms with Gasteiger partial charge in [0, 0.05) is 11.4 Å². The Morgan fingerprint density at radius 3 is 3.10 bits per heavy atom. The molecule has 0 aliphatic heterocycles. The minimum atomic E-state index is 0.461. The summed E-state index contributed by atoms with van der Waals surface area (Å²) in [6.07, 6.45) is 4.53. The van der Waals surface area contributed by atoms with Gasteiger partial charge in [0.1, 0.15) is 12.4 Å². The fourth-order valence-electron chi connectivity index (χ4n) is 2.98. The molecule has 2 aromatic rings. The molecule has 3 nitrogen and oxygen atoms in total. The molecule has 112 valence electrons. The quantitative estimate of drug-likeness (QED) is 0.910. The highest BCUT2D eigenvalue weighted by Gasteiger charge is 2.21. The Labute approximate surface area is 130 Å². The van der Waals surface area contributed by atoms with E-state index in [1.54, 1.807) is 11.3 Å². The van der Waals surface area contributed by atoms with Gasteiger partial charge in [-0.1, -0.05) is 19.1 Å². The molecule has 4 heteroatoms. The highest BCUT2D eigenvalue weighted by molar-refractivity contribution is 7.09. The Morgan fingerprint density at radius 2 is 2.33 bits per heavy atom. The summed E-state index contributed by atoms with van der Waals surface area (Å²) in [6.45, 7) is 2.70. The van der Waals surface area contributed by atoms with Gasteiger partial charge in [0.15, 0.2) is 0 Å². The highest BCUT2D eigenvalue weighted by atomic mass is 32.1. The van der Waals surface area contributed by atoms with Gasteiger partial charge in [-0.3, -0.25) is 0 Å². The first-order chi connectivity index (χ1) is 10.3. The normalized spacial score (nSPS) is 17.5. The third-order valence-corrected chi connectivity index (χ3v) is 5.13. The second kappa shape index (κ2) is 6.58. The minimum Gasteiger partial charge on any atom is -0.487 e. The molecule has 1 N–H and O–H groups in total. The number of benzene rings is 1. The molecular formula is C17H22N2OS. The van der Waals surface area contributed by atoms with Crippen molar-refractivity contribution in [2.75, 3.05) is 7.05 Å². The topological polar surface area (TPSA) is 34.1 Å². The number of aryl methyl sites for hydroxylation is 1. The van der Waals surface area contributed by atoms with E-state index < -0.39 is 0 Å². The van der Waals surface area contributed by atoms with Gasteiger partial charge in [0.05, 0.1) is 10.7 Å². The maximum Gasteiger partial charge on any atom is 0.131 e. The van der Waals surface area contributed by atoms with Crippen LogP contribution in [0.25, 0.3) is 0 Å². The minimum absolute atomic E-state index is 0.461. The number of nitrogens with zero attached hydrogens (tertiary/aromatic N) is 1. The van der Waals surface area contributed by atoms with Gasteiger partial charge in [0.25, 0.3) is 0 Å². The largest absolute Gasteiger partial charge is 0.487 e. The zero-order valence-electron chi connectivity index (χ0n) is 12.7. The van der Waals surface area contributed by atoms with Crippen molar-refractivity contribution in [1.29, 1.82) is 0 Å². The molecule has 1 aromatic heterocycles. The zero-order valence-corrected chi connectivity index (χ0v) is 13.5. The predicted octanol–water partition coefficient (Wildman–Crippen LogP) is 3.88. The molecule has 0 spiro atoms. The first-order valence-electron chi connectivity index (χ1n) is 7.67. The molecule has 0 fully saturated rings. The summed E-state index contributed by atoms with van der Waals surface area (Å²) >= 11 is 1.72. The molecule has 0 amide bonds. The first kappa shape index (κ1) is 14.5. The SMILES string of the molecule is CCc1nc(COc2cccc3c2CCCC3NC)cs1. The van der Waals surface area contributed by atoms with Crippen LogP contribution in [0.2, 0.25) is 0 Å². The van der Waals surface area contributed by atoms with Crippen molar-refractivity contribution in [2.24, 2.45) is 0 Å². The van der Waals surface area contributed by atoms with Crippen molar-refractivity contribution in [1.82, 2.24) is 10.3 Å². The van der Waals surface area contributed by atoms with E-state index in [2.05, 4.69) is 40.8 Å². The van der Waals surface area contributed by atoms with Crippen LogP contribution in [0.3, 0.4) is 0 Å². The van der Waals surface area contributed by atoms with E-state index >= 15 is 0 Å². The molecule has 0 radical (unpaired) electrons. The number of rotatable bonds is 5. The third kappa shape index (κ3) is 3.11. The van der Waals surface area contributed by atoms with Crippen LogP contribution in [0, 0.1) is 0 Å². The fourth-order valence-corrected chi connectivity index (χ4v) is 3.71. The van der Waals surface area contributed by atoms with Crippen LogP contribution in [0.4, 0.5) is 0 Å².